The molecule has 0 saturated carbocycles. The molecular weight excluding hydrogens is 697 g/mol. The molecule has 0 atom stereocenters. The van der Waals surface area contributed by atoms with Crippen LogP contribution in [0.2, 0.25) is 0 Å². The number of hydrogen-bond donors (Lipinski definition) is 3. The minimum Gasteiger partial charge on any atom is -0.491 e. The molecule has 314 valence electrons. The molecule has 0 aromatic heterocycles. The Morgan fingerprint density at radius 3 is 1.02 bits per heavy atom. The van der Waals surface area contributed by atoms with E-state index in [4.69, 9.17) is 14.2 Å². The van der Waals surface area contributed by atoms with Crippen LogP contribution in [0.1, 0.15) is 143 Å². The van der Waals surface area contributed by atoms with Crippen LogP contribution < -0.4 is 14.2 Å². The molecule has 6 heteroatoms. The third-order valence-corrected chi connectivity index (χ3v) is 13.4. The van der Waals surface area contributed by atoms with Crippen molar-refractivity contribution in [2.45, 2.75) is 136 Å². The second-order valence-electron chi connectivity index (χ2n) is 21.1. The molecule has 0 aliphatic heterocycles. The van der Waals surface area contributed by atoms with Gasteiger partial charge in [-0.2, -0.15) is 0 Å². The van der Waals surface area contributed by atoms with Gasteiger partial charge in [0, 0.05) is 12.8 Å². The van der Waals surface area contributed by atoms with E-state index in [2.05, 4.69) is 152 Å². The molecule has 0 radical (unpaired) electrons. The molecule has 0 fully saturated rings. The average molecular weight is 775 g/mol. The van der Waals surface area contributed by atoms with Gasteiger partial charge < -0.3 is 29.5 Å². The zero-order valence-corrected chi connectivity index (χ0v) is 38.0. The van der Waals surface area contributed by atoms with Crippen molar-refractivity contribution < 1.29 is 29.5 Å². The van der Waals surface area contributed by atoms with E-state index in [9.17, 15) is 15.3 Å². The first-order valence-corrected chi connectivity index (χ1v) is 20.8. The lowest BCUT2D eigenvalue weighted by Crippen LogP contribution is -2.32. The first-order chi connectivity index (χ1) is 25.7. The summed E-state index contributed by atoms with van der Waals surface area (Å²) in [4.78, 5) is 0. The van der Waals surface area contributed by atoms with Crippen molar-refractivity contribution in [3.63, 3.8) is 0 Å². The second kappa shape index (κ2) is 18.7. The highest BCUT2D eigenvalue weighted by atomic mass is 16.5. The molecule has 0 aliphatic rings. The lowest BCUT2D eigenvalue weighted by atomic mass is 9.66. The van der Waals surface area contributed by atoms with Gasteiger partial charge in [-0.15, -0.1) is 0 Å². The fourth-order valence-corrected chi connectivity index (χ4v) is 6.62. The molecule has 3 N–H and O–H groups in total. The van der Waals surface area contributed by atoms with E-state index >= 15 is 0 Å². The van der Waals surface area contributed by atoms with Crippen LogP contribution in [0.4, 0.5) is 0 Å². The van der Waals surface area contributed by atoms with Gasteiger partial charge in [0.1, 0.15) is 37.1 Å². The van der Waals surface area contributed by atoms with Crippen molar-refractivity contribution in [2.75, 3.05) is 39.6 Å². The zero-order valence-electron chi connectivity index (χ0n) is 38.0. The lowest BCUT2D eigenvalue weighted by molar-refractivity contribution is 0.132. The van der Waals surface area contributed by atoms with Crippen molar-refractivity contribution in [1.29, 1.82) is 0 Å². The molecule has 6 nitrogen and oxygen atoms in total. The van der Waals surface area contributed by atoms with Crippen LogP contribution in [0.25, 0.3) is 0 Å². The van der Waals surface area contributed by atoms with Gasteiger partial charge in [-0.1, -0.05) is 140 Å². The molecule has 0 unspecified atom stereocenters. The van der Waals surface area contributed by atoms with Gasteiger partial charge in [0.25, 0.3) is 0 Å². The van der Waals surface area contributed by atoms with Gasteiger partial charge in [-0.3, -0.25) is 0 Å². The molecule has 0 heterocycles. The highest BCUT2D eigenvalue weighted by Crippen LogP contribution is 2.45. The molecule has 56 heavy (non-hydrogen) atoms. The molecule has 0 bridgehead atoms. The number of aliphatic hydroxyl groups excluding tert-OH is 3. The molecule has 3 aromatic carbocycles. The summed E-state index contributed by atoms with van der Waals surface area (Å²) in [5.74, 6) is 2.26. The van der Waals surface area contributed by atoms with Crippen LogP contribution in [0.15, 0.2) is 48.5 Å². The minimum atomic E-state index is -0.109. The Morgan fingerprint density at radius 2 is 0.696 bits per heavy atom. The maximum atomic E-state index is 10.1. The van der Waals surface area contributed by atoms with E-state index in [1.807, 2.05) is 0 Å². The number of hydrogen-bond acceptors (Lipinski definition) is 6. The summed E-state index contributed by atoms with van der Waals surface area (Å²) < 4.78 is 18.9. The Kier molecular flexibility index (Phi) is 15.8. The van der Waals surface area contributed by atoms with Crippen LogP contribution in [-0.2, 0) is 32.1 Å². The van der Waals surface area contributed by atoms with Gasteiger partial charge in [0.2, 0.25) is 0 Å². The first-order valence-electron chi connectivity index (χ1n) is 20.8. The molecular formula is C50H78O6. The Hall–Kier alpha value is -3.06. The SMILES string of the molecule is CC(C)(C)C(C)(C)Cc1ccc(OCCO)c(Cc2cc(CC(C)(C)C(C)(C)C)cc(Cc3cc(CC(C)(C)C(C)(C)C)ccc3OCCO)c2OCCO)c1. The van der Waals surface area contributed by atoms with Crippen molar-refractivity contribution >= 4 is 0 Å². The Labute approximate surface area is 341 Å². The van der Waals surface area contributed by atoms with Crippen LogP contribution in [-0.4, -0.2) is 55.0 Å². The van der Waals surface area contributed by atoms with Gasteiger partial charge in [0.05, 0.1) is 19.8 Å². The fourth-order valence-electron chi connectivity index (χ4n) is 6.62. The van der Waals surface area contributed by atoms with Gasteiger partial charge >= 0.3 is 0 Å². The highest BCUT2D eigenvalue weighted by molar-refractivity contribution is 5.53. The van der Waals surface area contributed by atoms with Gasteiger partial charge in [-0.05, 0) is 103 Å². The van der Waals surface area contributed by atoms with Crippen molar-refractivity contribution in [3.05, 3.63) is 87.5 Å². The molecule has 3 rings (SSSR count). The number of rotatable bonds is 19. The minimum absolute atomic E-state index is 0.0171. The van der Waals surface area contributed by atoms with E-state index in [0.717, 1.165) is 58.8 Å². The van der Waals surface area contributed by atoms with Crippen LogP contribution in [0.3, 0.4) is 0 Å². The highest BCUT2D eigenvalue weighted by Gasteiger charge is 2.35. The summed E-state index contributed by atoms with van der Waals surface area (Å²) in [6.45, 7) is 35.0. The maximum absolute atomic E-state index is 10.1. The summed E-state index contributed by atoms with van der Waals surface area (Å²) in [6, 6.07) is 17.5. The normalized spacial score (nSPS) is 13.2. The summed E-state index contributed by atoms with van der Waals surface area (Å²) in [7, 11) is 0. The van der Waals surface area contributed by atoms with E-state index < -0.39 is 0 Å². The third-order valence-electron chi connectivity index (χ3n) is 13.4. The Bertz CT molecular complexity index is 1600. The van der Waals surface area contributed by atoms with Crippen molar-refractivity contribution in [2.24, 2.45) is 32.5 Å². The standard InChI is InChI=1S/C50H78O6/c1-45(2,3)48(10,11)32-35-16-18-42(54-23-20-51)38(26-35)30-40-28-37(34-50(14,15)47(7,8)9)29-41(44(40)56-25-22-53)31-39-27-36(17-19-43(39)55-24-21-52)33-49(12,13)46(4,5)6/h16-19,26-29,51-53H,20-25,30-34H2,1-15H3. The summed E-state index contributed by atoms with van der Waals surface area (Å²) in [5.41, 5.74) is 8.15. The van der Waals surface area contributed by atoms with E-state index in [1.165, 1.54) is 16.7 Å². The zero-order chi connectivity index (χ0) is 42.3. The van der Waals surface area contributed by atoms with E-state index in [-0.39, 0.29) is 72.1 Å². The molecule has 3 aromatic rings. The molecule has 0 saturated heterocycles. The fraction of sp³-hybridized carbons (Fsp3) is 0.640. The van der Waals surface area contributed by atoms with Crippen molar-refractivity contribution in [1.82, 2.24) is 0 Å². The monoisotopic (exact) mass is 775 g/mol. The summed E-state index contributed by atoms with van der Waals surface area (Å²) in [5, 5.41) is 29.6. The quantitative estimate of drug-likeness (QED) is 0.112. The molecule has 0 spiro atoms. The second-order valence-corrected chi connectivity index (χ2v) is 21.1. The lowest BCUT2D eigenvalue weighted by Gasteiger charge is -2.39. The topological polar surface area (TPSA) is 88.4 Å². The Morgan fingerprint density at radius 1 is 0.393 bits per heavy atom. The maximum Gasteiger partial charge on any atom is 0.126 e. The molecule has 0 aliphatic carbocycles. The predicted molar refractivity (Wildman–Crippen MR) is 234 cm³/mol. The van der Waals surface area contributed by atoms with E-state index in [0.29, 0.717) is 12.8 Å². The largest absolute Gasteiger partial charge is 0.491 e. The van der Waals surface area contributed by atoms with Crippen molar-refractivity contribution in [3.8, 4) is 17.2 Å². The van der Waals surface area contributed by atoms with Gasteiger partial charge in [0.15, 0.2) is 0 Å². The smallest absolute Gasteiger partial charge is 0.126 e. The Balaban J connectivity index is 2.32. The summed E-state index contributed by atoms with van der Waals surface area (Å²) >= 11 is 0. The number of benzene rings is 3. The number of aliphatic hydroxyl groups is 3. The first kappa shape index (κ1) is 47.3. The third kappa shape index (κ3) is 12.5. The number of ether oxygens (including phenoxy) is 3. The van der Waals surface area contributed by atoms with Gasteiger partial charge in [-0.25, -0.2) is 0 Å². The predicted octanol–water partition coefficient (Wildman–Crippen LogP) is 10.8. The molecule has 0 amide bonds. The van der Waals surface area contributed by atoms with Crippen LogP contribution >= 0.6 is 0 Å². The van der Waals surface area contributed by atoms with Crippen LogP contribution in [0.5, 0.6) is 17.2 Å². The summed E-state index contributed by atoms with van der Waals surface area (Å²) in [6.07, 6.45) is 3.77. The van der Waals surface area contributed by atoms with Crippen LogP contribution in [0, 0.1) is 32.5 Å². The average Bonchev–Trinajstić information content (AvgIpc) is 3.05. The van der Waals surface area contributed by atoms with E-state index in [1.54, 1.807) is 0 Å².